The molecule has 2 N–H and O–H groups in total. The lowest BCUT2D eigenvalue weighted by atomic mass is 9.99. The number of thioether (sulfide) groups is 1. The summed E-state index contributed by atoms with van der Waals surface area (Å²) in [6.45, 7) is 1.84. The molecule has 4 aromatic rings. The van der Waals surface area contributed by atoms with E-state index in [-0.39, 0.29) is 5.91 Å². The molecular weight excluding hydrogens is 538 g/mol. The van der Waals surface area contributed by atoms with Crippen molar-refractivity contribution in [1.29, 1.82) is 4.78 Å². The molecule has 0 saturated carbocycles. The lowest BCUT2D eigenvalue weighted by Gasteiger charge is -2.13. The average Bonchev–Trinajstić information content (AvgIpc) is 3.29. The molecule has 8 nitrogen and oxygen atoms in total. The van der Waals surface area contributed by atoms with E-state index in [9.17, 15) is 9.00 Å². The number of benzene rings is 2. The monoisotopic (exact) mass is 559 g/mol. The highest BCUT2D eigenvalue weighted by molar-refractivity contribution is 8.00. The number of halogens is 1. The maximum absolute atomic E-state index is 13.2. The first kappa shape index (κ1) is 26.1. The Morgan fingerprint density at radius 1 is 1.17 bits per heavy atom. The Hall–Kier alpha value is -2.99. The van der Waals surface area contributed by atoms with Crippen LogP contribution < -0.4 is 10.1 Å². The maximum atomic E-state index is 13.2. The van der Waals surface area contributed by atoms with E-state index in [4.69, 9.17) is 21.1 Å². The number of ether oxygens (including phenoxy) is 1. The van der Waals surface area contributed by atoms with Crippen LogP contribution in [0.1, 0.15) is 21.6 Å². The summed E-state index contributed by atoms with van der Waals surface area (Å²) < 4.78 is 25.7. The molecule has 0 saturated heterocycles. The summed E-state index contributed by atoms with van der Waals surface area (Å²) in [4.78, 5) is 18.0. The Kier molecular flexibility index (Phi) is 7.94. The fourth-order valence-electron chi connectivity index (χ4n) is 3.33. The molecule has 0 spiro atoms. The van der Waals surface area contributed by atoms with Gasteiger partial charge in [-0.2, -0.15) is 0 Å². The lowest BCUT2D eigenvalue weighted by molar-refractivity contribution is 0.102. The van der Waals surface area contributed by atoms with E-state index in [1.54, 1.807) is 37.4 Å². The first-order valence-corrected chi connectivity index (χ1v) is 14.7. The van der Waals surface area contributed by atoms with E-state index in [1.807, 2.05) is 25.1 Å². The normalized spacial score (nSPS) is 12.7. The molecule has 2 aromatic carbocycles. The van der Waals surface area contributed by atoms with Crippen LogP contribution in [0.15, 0.2) is 64.0 Å². The summed E-state index contributed by atoms with van der Waals surface area (Å²) in [7, 11) is -1.17. The first-order chi connectivity index (χ1) is 17.1. The molecule has 0 fully saturated rings. The summed E-state index contributed by atoms with van der Waals surface area (Å²) in [6.07, 6.45) is 2.92. The summed E-state index contributed by atoms with van der Waals surface area (Å²) in [5.41, 5.74) is 3.43. The van der Waals surface area contributed by atoms with Gasteiger partial charge in [0.1, 0.15) is 5.75 Å². The lowest BCUT2D eigenvalue weighted by Crippen LogP contribution is -2.14. The first-order valence-electron chi connectivity index (χ1n) is 10.5. The van der Waals surface area contributed by atoms with Gasteiger partial charge in [-0.05, 0) is 48.9 Å². The van der Waals surface area contributed by atoms with E-state index >= 15 is 0 Å². The minimum atomic E-state index is -2.73. The number of anilines is 1. The highest BCUT2D eigenvalue weighted by atomic mass is 35.5. The van der Waals surface area contributed by atoms with Gasteiger partial charge in [0, 0.05) is 44.9 Å². The number of aryl methyl sites for hydroxylation is 1. The number of hydrogen-bond acceptors (Lipinski definition) is 9. The zero-order chi connectivity index (χ0) is 25.9. The number of carbonyl (C=O) groups excluding carboxylic acids is 1. The van der Waals surface area contributed by atoms with Crippen molar-refractivity contribution in [3.05, 3.63) is 76.6 Å². The highest BCUT2D eigenvalue weighted by Gasteiger charge is 2.19. The summed E-state index contributed by atoms with van der Waals surface area (Å²) >= 11 is 8.95. The van der Waals surface area contributed by atoms with Gasteiger partial charge in [0.2, 0.25) is 5.13 Å². The minimum Gasteiger partial charge on any atom is -0.496 e. The molecule has 36 heavy (non-hydrogen) atoms. The molecule has 2 aromatic heterocycles. The molecule has 12 heteroatoms. The number of nitrogens with one attached hydrogen (secondary N) is 2. The molecule has 0 unspecified atom stereocenters. The Balaban J connectivity index is 1.49. The number of amides is 1. The standard InChI is InChI=1S/C24H22ClN5O3S3/c1-14-10-18(19-11-16(25)6-9-21(19)33-2)20(12-27-14)22(31)28-23-29-30-24(35-23)34-13-15-4-7-17(8-5-15)36(3,26)32/h4-12,26H,13H2,1-3H3,(H,28,29,31)/t36-/m1/s1. The van der Waals surface area contributed by atoms with Crippen molar-refractivity contribution in [3.8, 4) is 16.9 Å². The fourth-order valence-corrected chi connectivity index (χ4v) is 5.86. The van der Waals surface area contributed by atoms with Crippen LogP contribution in [0.25, 0.3) is 11.1 Å². The zero-order valence-electron chi connectivity index (χ0n) is 19.6. The second-order valence-corrected chi connectivity index (χ2v) is 12.6. The number of rotatable bonds is 8. The molecule has 0 bridgehead atoms. The van der Waals surface area contributed by atoms with Crippen LogP contribution in [-0.4, -0.2) is 38.7 Å². The molecule has 1 amide bonds. The Morgan fingerprint density at radius 3 is 2.61 bits per heavy atom. The van der Waals surface area contributed by atoms with E-state index in [1.165, 1.54) is 35.6 Å². The quantitative estimate of drug-likeness (QED) is 0.196. The number of methoxy groups -OCH3 is 1. The molecular formula is C24H22ClN5O3S3. The third kappa shape index (κ3) is 6.22. The van der Waals surface area contributed by atoms with Crippen molar-refractivity contribution >= 4 is 55.5 Å². The second kappa shape index (κ2) is 11.0. The van der Waals surface area contributed by atoms with Crippen LogP contribution in [0.5, 0.6) is 5.75 Å². The van der Waals surface area contributed by atoms with Crippen molar-refractivity contribution in [1.82, 2.24) is 15.2 Å². The predicted octanol–water partition coefficient (Wildman–Crippen LogP) is 6.15. The van der Waals surface area contributed by atoms with Crippen molar-refractivity contribution in [2.45, 2.75) is 21.9 Å². The van der Waals surface area contributed by atoms with Crippen molar-refractivity contribution in [2.75, 3.05) is 18.7 Å². The third-order valence-corrected chi connectivity index (χ3v) is 8.55. The number of aromatic nitrogens is 3. The van der Waals surface area contributed by atoms with Crippen LogP contribution >= 0.6 is 34.7 Å². The summed E-state index contributed by atoms with van der Waals surface area (Å²) in [6, 6.07) is 14.2. The van der Waals surface area contributed by atoms with E-state index in [0.29, 0.717) is 47.6 Å². The SMILES string of the molecule is COc1ccc(Cl)cc1-c1cc(C)ncc1C(=O)Nc1nnc(SCc2ccc([S@](C)(=N)=O)cc2)s1. The molecule has 186 valence electrons. The van der Waals surface area contributed by atoms with Gasteiger partial charge in [-0.25, -0.2) is 8.99 Å². The predicted molar refractivity (Wildman–Crippen MR) is 145 cm³/mol. The van der Waals surface area contributed by atoms with E-state index in [2.05, 4.69) is 20.5 Å². The van der Waals surface area contributed by atoms with Gasteiger partial charge >= 0.3 is 0 Å². The summed E-state index contributed by atoms with van der Waals surface area (Å²) in [5.74, 6) is 0.832. The number of hydrogen-bond donors (Lipinski definition) is 2. The van der Waals surface area contributed by atoms with Gasteiger partial charge in [0.15, 0.2) is 4.34 Å². The highest BCUT2D eigenvalue weighted by Crippen LogP contribution is 2.35. The molecule has 4 rings (SSSR count). The fraction of sp³-hybridized carbons (Fsp3) is 0.167. The largest absolute Gasteiger partial charge is 0.496 e. The molecule has 1 atom stereocenters. The van der Waals surface area contributed by atoms with Gasteiger partial charge in [-0.1, -0.05) is 46.8 Å². The number of pyridine rings is 1. The van der Waals surface area contributed by atoms with Crippen LogP contribution in [0.4, 0.5) is 5.13 Å². The van der Waals surface area contributed by atoms with E-state index < -0.39 is 9.73 Å². The Morgan fingerprint density at radius 2 is 1.92 bits per heavy atom. The average molecular weight is 560 g/mol. The van der Waals surface area contributed by atoms with Gasteiger partial charge in [0.25, 0.3) is 5.91 Å². The molecule has 0 radical (unpaired) electrons. The van der Waals surface area contributed by atoms with Gasteiger partial charge in [-0.15, -0.1) is 10.2 Å². The summed E-state index contributed by atoms with van der Waals surface area (Å²) in [5, 5.41) is 11.9. The number of carbonyl (C=O) groups is 1. The molecule has 2 heterocycles. The molecule has 0 aliphatic rings. The smallest absolute Gasteiger partial charge is 0.259 e. The van der Waals surface area contributed by atoms with Crippen LogP contribution in [0, 0.1) is 11.7 Å². The second-order valence-electron chi connectivity index (χ2n) is 7.82. The van der Waals surface area contributed by atoms with Crippen LogP contribution in [0.2, 0.25) is 5.02 Å². The third-order valence-electron chi connectivity index (χ3n) is 5.10. The van der Waals surface area contributed by atoms with Crippen LogP contribution in [-0.2, 0) is 15.5 Å². The van der Waals surface area contributed by atoms with Gasteiger partial charge in [-0.3, -0.25) is 15.1 Å². The van der Waals surface area contributed by atoms with Crippen LogP contribution in [0.3, 0.4) is 0 Å². The zero-order valence-corrected chi connectivity index (χ0v) is 22.8. The number of nitrogens with zero attached hydrogens (tertiary/aromatic N) is 3. The molecule has 0 aliphatic heterocycles. The van der Waals surface area contributed by atoms with Gasteiger partial charge in [0.05, 0.1) is 22.4 Å². The minimum absolute atomic E-state index is 0.354. The van der Waals surface area contributed by atoms with Crippen molar-refractivity contribution in [2.24, 2.45) is 0 Å². The van der Waals surface area contributed by atoms with Gasteiger partial charge < -0.3 is 4.74 Å². The maximum Gasteiger partial charge on any atom is 0.259 e. The molecule has 0 aliphatic carbocycles. The Labute approximate surface area is 222 Å². The topological polar surface area (TPSA) is 118 Å². The Bertz CT molecular complexity index is 1520. The van der Waals surface area contributed by atoms with E-state index in [0.717, 1.165) is 11.3 Å². The van der Waals surface area contributed by atoms with Crippen molar-refractivity contribution < 1.29 is 13.7 Å². The van der Waals surface area contributed by atoms with Crippen molar-refractivity contribution in [3.63, 3.8) is 0 Å².